The zero-order valence-corrected chi connectivity index (χ0v) is 12.4. The molecule has 0 bridgehead atoms. The third-order valence-corrected chi connectivity index (χ3v) is 3.53. The van der Waals surface area contributed by atoms with Crippen molar-refractivity contribution in [2.45, 2.75) is 26.7 Å². The zero-order valence-electron chi connectivity index (χ0n) is 12.4. The van der Waals surface area contributed by atoms with Crippen LogP contribution in [0.15, 0.2) is 42.5 Å². The van der Waals surface area contributed by atoms with E-state index in [1.54, 1.807) is 12.1 Å². The Morgan fingerprint density at radius 3 is 2.62 bits per heavy atom. The molecule has 0 saturated heterocycles. The van der Waals surface area contributed by atoms with Crippen molar-refractivity contribution in [3.8, 4) is 0 Å². The smallest absolute Gasteiger partial charge is 0.254 e. The third kappa shape index (κ3) is 4.15. The molecular weight excluding hydrogens is 265 g/mol. The minimum absolute atomic E-state index is 0.101. The Balaban J connectivity index is 1.82. The number of amides is 1. The van der Waals surface area contributed by atoms with E-state index in [4.69, 9.17) is 0 Å². The molecule has 0 radical (unpaired) electrons. The molecule has 21 heavy (non-hydrogen) atoms. The van der Waals surface area contributed by atoms with Crippen LogP contribution in [0, 0.1) is 19.7 Å². The van der Waals surface area contributed by atoms with Gasteiger partial charge >= 0.3 is 0 Å². The Morgan fingerprint density at radius 2 is 1.90 bits per heavy atom. The average molecular weight is 285 g/mol. The maximum atomic E-state index is 13.4. The van der Waals surface area contributed by atoms with Gasteiger partial charge < -0.3 is 5.32 Å². The van der Waals surface area contributed by atoms with Gasteiger partial charge in [-0.25, -0.2) is 4.39 Å². The molecule has 0 aromatic heterocycles. The first-order valence-corrected chi connectivity index (χ1v) is 7.17. The largest absolute Gasteiger partial charge is 0.352 e. The molecule has 0 heterocycles. The molecule has 0 aliphatic carbocycles. The van der Waals surface area contributed by atoms with Crippen LogP contribution in [-0.4, -0.2) is 12.5 Å². The summed E-state index contributed by atoms with van der Waals surface area (Å²) >= 11 is 0. The quantitative estimate of drug-likeness (QED) is 0.832. The maximum Gasteiger partial charge on any atom is 0.254 e. The van der Waals surface area contributed by atoms with Crippen LogP contribution in [0.4, 0.5) is 4.39 Å². The molecule has 1 N–H and O–H groups in total. The van der Waals surface area contributed by atoms with Crippen molar-refractivity contribution in [3.63, 3.8) is 0 Å². The molecule has 0 spiro atoms. The molecule has 1 amide bonds. The van der Waals surface area contributed by atoms with Gasteiger partial charge in [0, 0.05) is 6.54 Å². The topological polar surface area (TPSA) is 29.1 Å². The molecule has 0 aliphatic heterocycles. The van der Waals surface area contributed by atoms with Crippen molar-refractivity contribution in [1.29, 1.82) is 0 Å². The average Bonchev–Trinajstić information content (AvgIpc) is 2.45. The summed E-state index contributed by atoms with van der Waals surface area (Å²) < 4.78 is 13.4. The number of nitrogens with one attached hydrogen (secondary N) is 1. The van der Waals surface area contributed by atoms with Gasteiger partial charge in [-0.2, -0.15) is 0 Å². The number of aryl methyl sites for hydroxylation is 3. The maximum absolute atomic E-state index is 13.4. The second-order valence-corrected chi connectivity index (χ2v) is 5.27. The molecule has 0 saturated carbocycles. The third-order valence-electron chi connectivity index (χ3n) is 3.53. The normalized spacial score (nSPS) is 10.4. The number of benzene rings is 2. The minimum Gasteiger partial charge on any atom is -0.352 e. The van der Waals surface area contributed by atoms with E-state index in [1.807, 2.05) is 0 Å². The van der Waals surface area contributed by atoms with Crippen LogP contribution >= 0.6 is 0 Å². The number of carbonyl (C=O) groups is 1. The lowest BCUT2D eigenvalue weighted by atomic mass is 10.0. The highest BCUT2D eigenvalue weighted by Crippen LogP contribution is 2.12. The summed E-state index contributed by atoms with van der Waals surface area (Å²) in [6.07, 6.45) is 1.74. The number of rotatable bonds is 5. The molecule has 2 aromatic carbocycles. The predicted molar refractivity (Wildman–Crippen MR) is 83.0 cm³/mol. The lowest BCUT2D eigenvalue weighted by Gasteiger charge is -2.08. The fourth-order valence-electron chi connectivity index (χ4n) is 2.35. The Kier molecular flexibility index (Phi) is 5.09. The molecule has 0 unspecified atom stereocenters. The number of hydrogen-bond acceptors (Lipinski definition) is 1. The zero-order chi connectivity index (χ0) is 15.2. The number of hydrogen-bond donors (Lipinski definition) is 1. The molecular formula is C18H20FNO. The molecule has 0 atom stereocenters. The van der Waals surface area contributed by atoms with Crippen LogP contribution in [0.1, 0.15) is 33.5 Å². The van der Waals surface area contributed by atoms with Gasteiger partial charge in [0.2, 0.25) is 0 Å². The van der Waals surface area contributed by atoms with E-state index >= 15 is 0 Å². The highest BCUT2D eigenvalue weighted by Gasteiger charge is 2.09. The van der Waals surface area contributed by atoms with Crippen LogP contribution in [0.2, 0.25) is 0 Å². The molecule has 2 nitrogen and oxygen atoms in total. The summed E-state index contributed by atoms with van der Waals surface area (Å²) in [6.45, 7) is 4.71. The van der Waals surface area contributed by atoms with E-state index in [1.165, 1.54) is 28.8 Å². The summed E-state index contributed by atoms with van der Waals surface area (Å²) in [6, 6.07) is 12.4. The first-order chi connectivity index (χ1) is 10.1. The van der Waals surface area contributed by atoms with E-state index in [0.29, 0.717) is 6.54 Å². The van der Waals surface area contributed by atoms with Gasteiger partial charge in [0.05, 0.1) is 5.56 Å². The van der Waals surface area contributed by atoms with Crippen molar-refractivity contribution < 1.29 is 9.18 Å². The van der Waals surface area contributed by atoms with E-state index in [0.717, 1.165) is 12.8 Å². The van der Waals surface area contributed by atoms with Gasteiger partial charge in [-0.15, -0.1) is 0 Å². The fourth-order valence-corrected chi connectivity index (χ4v) is 2.35. The van der Waals surface area contributed by atoms with Gasteiger partial charge in [0.15, 0.2) is 0 Å². The Hall–Kier alpha value is -2.16. The predicted octanol–water partition coefficient (Wildman–Crippen LogP) is 3.81. The summed E-state index contributed by atoms with van der Waals surface area (Å²) in [4.78, 5) is 11.8. The Morgan fingerprint density at radius 1 is 1.14 bits per heavy atom. The number of carbonyl (C=O) groups excluding carboxylic acids is 1. The minimum atomic E-state index is -0.482. The van der Waals surface area contributed by atoms with Gasteiger partial charge in [-0.3, -0.25) is 4.79 Å². The first kappa shape index (κ1) is 15.2. The molecule has 110 valence electrons. The first-order valence-electron chi connectivity index (χ1n) is 7.17. The highest BCUT2D eigenvalue weighted by molar-refractivity contribution is 5.94. The van der Waals surface area contributed by atoms with Crippen molar-refractivity contribution in [3.05, 3.63) is 70.5 Å². The van der Waals surface area contributed by atoms with Crippen LogP contribution in [0.5, 0.6) is 0 Å². The van der Waals surface area contributed by atoms with Crippen molar-refractivity contribution in [1.82, 2.24) is 5.32 Å². The molecule has 0 aliphatic rings. The Bertz CT molecular complexity index is 637. The summed E-state index contributed by atoms with van der Waals surface area (Å²) in [5.41, 5.74) is 3.92. The van der Waals surface area contributed by atoms with E-state index in [9.17, 15) is 9.18 Å². The number of halogens is 1. The van der Waals surface area contributed by atoms with Gasteiger partial charge in [-0.05, 0) is 49.9 Å². The SMILES string of the molecule is Cc1ccc(CCCNC(=O)c2ccccc2F)c(C)c1. The van der Waals surface area contributed by atoms with Crippen LogP contribution in [0.25, 0.3) is 0 Å². The van der Waals surface area contributed by atoms with Crippen molar-refractivity contribution in [2.24, 2.45) is 0 Å². The van der Waals surface area contributed by atoms with Gasteiger partial charge in [0.25, 0.3) is 5.91 Å². The fraction of sp³-hybridized carbons (Fsp3) is 0.278. The van der Waals surface area contributed by atoms with Gasteiger partial charge in [0.1, 0.15) is 5.82 Å². The highest BCUT2D eigenvalue weighted by atomic mass is 19.1. The van der Waals surface area contributed by atoms with Crippen molar-refractivity contribution >= 4 is 5.91 Å². The van der Waals surface area contributed by atoms with E-state index in [-0.39, 0.29) is 11.5 Å². The lowest BCUT2D eigenvalue weighted by Crippen LogP contribution is -2.25. The molecule has 2 rings (SSSR count). The monoisotopic (exact) mass is 285 g/mol. The standard InChI is InChI=1S/C18H20FNO/c1-13-9-10-15(14(2)12-13)6-5-11-20-18(21)16-7-3-4-8-17(16)19/h3-4,7-10,12H,5-6,11H2,1-2H3,(H,20,21). The Labute approximate surface area is 125 Å². The second kappa shape index (κ2) is 7.02. The summed E-state index contributed by atoms with van der Waals surface area (Å²) in [7, 11) is 0. The second-order valence-electron chi connectivity index (χ2n) is 5.27. The summed E-state index contributed by atoms with van der Waals surface area (Å²) in [5.74, 6) is -0.835. The molecule has 2 aromatic rings. The van der Waals surface area contributed by atoms with Gasteiger partial charge in [-0.1, -0.05) is 35.9 Å². The van der Waals surface area contributed by atoms with Crippen molar-refractivity contribution in [2.75, 3.05) is 6.54 Å². The van der Waals surface area contributed by atoms with E-state index in [2.05, 4.69) is 37.4 Å². The van der Waals surface area contributed by atoms with Crippen LogP contribution < -0.4 is 5.32 Å². The lowest BCUT2D eigenvalue weighted by molar-refractivity contribution is 0.0949. The van der Waals surface area contributed by atoms with E-state index < -0.39 is 5.82 Å². The van der Waals surface area contributed by atoms with Crippen LogP contribution in [0.3, 0.4) is 0 Å². The molecule has 0 fully saturated rings. The summed E-state index contributed by atoms with van der Waals surface area (Å²) in [5, 5.41) is 2.76. The van der Waals surface area contributed by atoms with Crippen LogP contribution in [-0.2, 0) is 6.42 Å². The molecule has 3 heteroatoms.